The molecule has 0 heterocycles. The van der Waals surface area contributed by atoms with Crippen molar-refractivity contribution in [2.75, 3.05) is 13.2 Å². The molecule has 5 N–H and O–H groups in total. The molecule has 6 nitrogen and oxygen atoms in total. The fourth-order valence-electron chi connectivity index (χ4n) is 1.32. The van der Waals surface area contributed by atoms with E-state index in [2.05, 4.69) is 6.92 Å². The summed E-state index contributed by atoms with van der Waals surface area (Å²) in [6.45, 7) is 1.39. The third-order valence-corrected chi connectivity index (χ3v) is 2.49. The van der Waals surface area contributed by atoms with Crippen molar-refractivity contribution < 1.29 is 30.3 Å². The molecule has 1 atom stereocenters. The minimum atomic E-state index is -0.954. The van der Waals surface area contributed by atoms with Crippen LogP contribution in [0.25, 0.3) is 0 Å². The summed E-state index contributed by atoms with van der Waals surface area (Å²) >= 11 is 0. The van der Waals surface area contributed by atoms with Crippen LogP contribution in [0, 0.1) is 0 Å². The van der Waals surface area contributed by atoms with Gasteiger partial charge in [0.2, 0.25) is 0 Å². The number of aliphatic hydroxyl groups excluding tert-OH is 4. The summed E-state index contributed by atoms with van der Waals surface area (Å²) in [5.41, 5.74) is 0. The predicted octanol–water partition coefficient (Wildman–Crippen LogP) is 0.514. The van der Waals surface area contributed by atoms with Crippen LogP contribution in [0.5, 0.6) is 0 Å². The van der Waals surface area contributed by atoms with Crippen molar-refractivity contribution in [2.24, 2.45) is 0 Å². The molecule has 0 aliphatic heterocycles. The van der Waals surface area contributed by atoms with Crippen molar-refractivity contribution in [1.82, 2.24) is 0 Å². The Hall–Kier alpha value is -0.690. The number of hydrogen-bond donors (Lipinski definition) is 5. The van der Waals surface area contributed by atoms with Gasteiger partial charge in [-0.05, 0) is 19.3 Å². The van der Waals surface area contributed by atoms with Gasteiger partial charge in [-0.25, -0.2) is 0 Å². The summed E-state index contributed by atoms with van der Waals surface area (Å²) in [6, 6.07) is 0. The van der Waals surface area contributed by atoms with Gasteiger partial charge >= 0.3 is 5.97 Å². The average molecular weight is 280 g/mol. The minimum Gasteiger partial charge on any atom is -0.481 e. The maximum absolute atomic E-state index is 10.2. The quantitative estimate of drug-likeness (QED) is 0.372. The summed E-state index contributed by atoms with van der Waals surface area (Å²) in [5, 5.41) is 41.8. The van der Waals surface area contributed by atoms with Crippen LogP contribution in [-0.4, -0.2) is 56.9 Å². The van der Waals surface area contributed by atoms with Gasteiger partial charge in [-0.15, -0.1) is 0 Å². The van der Waals surface area contributed by atoms with E-state index in [9.17, 15) is 9.90 Å². The van der Waals surface area contributed by atoms with Gasteiger partial charge < -0.3 is 25.5 Å². The lowest BCUT2D eigenvalue weighted by Gasteiger charge is -2.08. The van der Waals surface area contributed by atoms with E-state index in [1.54, 1.807) is 0 Å². The Balaban J connectivity index is 0. The average Bonchev–Trinajstić information content (AvgIpc) is 2.38. The van der Waals surface area contributed by atoms with Gasteiger partial charge in [-0.1, -0.05) is 26.2 Å². The molecule has 1 unspecified atom stereocenters. The van der Waals surface area contributed by atoms with E-state index in [0.29, 0.717) is 12.8 Å². The van der Waals surface area contributed by atoms with Gasteiger partial charge in [-0.2, -0.15) is 0 Å². The number of rotatable bonds is 10. The molecule has 0 fully saturated rings. The molecule has 116 valence electrons. The van der Waals surface area contributed by atoms with Crippen LogP contribution in [0.3, 0.4) is 0 Å². The van der Waals surface area contributed by atoms with E-state index in [-0.39, 0.29) is 25.7 Å². The number of hydrogen-bond acceptors (Lipinski definition) is 5. The minimum absolute atomic E-state index is 0.171. The zero-order chi connectivity index (χ0) is 15.1. The second kappa shape index (κ2) is 15.4. The molecule has 0 rings (SSSR count). The van der Waals surface area contributed by atoms with E-state index in [0.717, 1.165) is 25.7 Å². The van der Waals surface area contributed by atoms with Crippen LogP contribution < -0.4 is 0 Å². The van der Waals surface area contributed by atoms with E-state index in [1.165, 1.54) is 0 Å². The van der Waals surface area contributed by atoms with Crippen molar-refractivity contribution in [1.29, 1.82) is 0 Å². The molecule has 0 spiro atoms. The van der Waals surface area contributed by atoms with E-state index >= 15 is 0 Å². The molecular weight excluding hydrogens is 252 g/mol. The summed E-state index contributed by atoms with van der Waals surface area (Å²) in [4.78, 5) is 10.2. The first-order chi connectivity index (χ1) is 8.97. The predicted molar refractivity (Wildman–Crippen MR) is 71.8 cm³/mol. The number of aliphatic hydroxyl groups is 4. The molecule has 0 amide bonds. The van der Waals surface area contributed by atoms with Gasteiger partial charge in [0.15, 0.2) is 0 Å². The second-order valence-corrected chi connectivity index (χ2v) is 4.45. The number of carbonyl (C=O) groups is 1. The van der Waals surface area contributed by atoms with Crippen LogP contribution in [0.15, 0.2) is 0 Å². The highest BCUT2D eigenvalue weighted by Crippen LogP contribution is 2.09. The SMILES string of the molecule is CCCCCC(O)CCCC(=O)O.OCC(O)CO. The maximum Gasteiger partial charge on any atom is 0.303 e. The van der Waals surface area contributed by atoms with Gasteiger partial charge in [0.1, 0.15) is 6.10 Å². The highest BCUT2D eigenvalue weighted by atomic mass is 16.4. The molecule has 6 heteroatoms. The molecule has 0 aromatic rings. The fourth-order valence-corrected chi connectivity index (χ4v) is 1.32. The topological polar surface area (TPSA) is 118 Å². The Morgan fingerprint density at radius 1 is 0.947 bits per heavy atom. The number of aliphatic carboxylic acids is 1. The van der Waals surface area contributed by atoms with E-state index < -0.39 is 12.1 Å². The fraction of sp³-hybridized carbons (Fsp3) is 0.923. The Morgan fingerprint density at radius 3 is 1.84 bits per heavy atom. The lowest BCUT2D eigenvalue weighted by atomic mass is 10.1. The molecule has 0 saturated heterocycles. The van der Waals surface area contributed by atoms with Crippen LogP contribution in [0.2, 0.25) is 0 Å². The van der Waals surface area contributed by atoms with Crippen molar-refractivity contribution >= 4 is 5.97 Å². The Bertz CT molecular complexity index is 194. The number of carboxylic acids is 1. The van der Waals surface area contributed by atoms with Crippen LogP contribution >= 0.6 is 0 Å². The summed E-state index contributed by atoms with van der Waals surface area (Å²) in [7, 11) is 0. The number of carboxylic acid groups (broad SMARTS) is 1. The first-order valence-electron chi connectivity index (χ1n) is 6.77. The normalized spacial score (nSPS) is 11.9. The largest absolute Gasteiger partial charge is 0.481 e. The van der Waals surface area contributed by atoms with Crippen LogP contribution in [-0.2, 0) is 4.79 Å². The van der Waals surface area contributed by atoms with Gasteiger partial charge in [0, 0.05) is 6.42 Å². The van der Waals surface area contributed by atoms with Gasteiger partial charge in [0.25, 0.3) is 0 Å². The first-order valence-corrected chi connectivity index (χ1v) is 6.77. The van der Waals surface area contributed by atoms with Crippen molar-refractivity contribution in [3.63, 3.8) is 0 Å². The summed E-state index contributed by atoms with van der Waals surface area (Å²) in [6.07, 6.45) is 4.29. The van der Waals surface area contributed by atoms with Crippen molar-refractivity contribution in [3.05, 3.63) is 0 Å². The van der Waals surface area contributed by atoms with E-state index in [4.69, 9.17) is 20.4 Å². The van der Waals surface area contributed by atoms with Crippen molar-refractivity contribution in [2.45, 2.75) is 64.1 Å². The molecule has 0 aromatic heterocycles. The Morgan fingerprint density at radius 2 is 1.47 bits per heavy atom. The third-order valence-electron chi connectivity index (χ3n) is 2.49. The van der Waals surface area contributed by atoms with Crippen LogP contribution in [0.1, 0.15) is 51.9 Å². The molecule has 0 bridgehead atoms. The molecule has 0 saturated carbocycles. The zero-order valence-electron chi connectivity index (χ0n) is 11.7. The lowest BCUT2D eigenvalue weighted by Crippen LogP contribution is -2.15. The molecule has 0 aliphatic rings. The monoisotopic (exact) mass is 280 g/mol. The standard InChI is InChI=1S/C10H20O3.C3H8O3/c1-2-3-4-6-9(11)7-5-8-10(12)13;4-1-3(6)2-5/h9,11H,2-8H2,1H3,(H,12,13);3-6H,1-2H2. The smallest absolute Gasteiger partial charge is 0.303 e. The highest BCUT2D eigenvalue weighted by Gasteiger charge is 2.04. The Labute approximate surface area is 114 Å². The summed E-state index contributed by atoms with van der Waals surface area (Å²) < 4.78 is 0. The summed E-state index contributed by atoms with van der Waals surface area (Å²) in [5.74, 6) is -0.777. The van der Waals surface area contributed by atoms with E-state index in [1.807, 2.05) is 0 Å². The molecule has 19 heavy (non-hydrogen) atoms. The molecular formula is C13H28O6. The van der Waals surface area contributed by atoms with Crippen LogP contribution in [0.4, 0.5) is 0 Å². The molecule has 0 aliphatic carbocycles. The van der Waals surface area contributed by atoms with Gasteiger partial charge in [-0.3, -0.25) is 4.79 Å². The number of unbranched alkanes of at least 4 members (excludes halogenated alkanes) is 2. The lowest BCUT2D eigenvalue weighted by molar-refractivity contribution is -0.137. The Kier molecular flexibility index (Phi) is 16.7. The highest BCUT2D eigenvalue weighted by molar-refractivity contribution is 5.66. The van der Waals surface area contributed by atoms with Crippen molar-refractivity contribution in [3.8, 4) is 0 Å². The molecule has 0 aromatic carbocycles. The van der Waals surface area contributed by atoms with Gasteiger partial charge in [0.05, 0.1) is 19.3 Å². The second-order valence-electron chi connectivity index (χ2n) is 4.45. The third kappa shape index (κ3) is 19.8. The zero-order valence-corrected chi connectivity index (χ0v) is 11.7. The molecule has 0 radical (unpaired) electrons. The maximum atomic E-state index is 10.2. The first kappa shape index (κ1) is 20.6.